The fourth-order valence-electron chi connectivity index (χ4n) is 1.05. The topological polar surface area (TPSA) is 49.3 Å². The van der Waals surface area contributed by atoms with E-state index >= 15 is 0 Å². The van der Waals surface area contributed by atoms with Crippen molar-refractivity contribution in [3.63, 3.8) is 0 Å². The Balaban J connectivity index is 3.67. The third-order valence-corrected chi connectivity index (χ3v) is 1.89. The first-order chi connectivity index (χ1) is 6.10. The number of terminal acetylenes is 1. The molecule has 0 bridgehead atoms. The summed E-state index contributed by atoms with van der Waals surface area (Å²) < 4.78 is 0. The fraction of sp³-hybridized carbons (Fsp3) is 0.700. The lowest BCUT2D eigenvalue weighted by Gasteiger charge is -2.16. The van der Waals surface area contributed by atoms with Crippen LogP contribution in [-0.4, -0.2) is 23.2 Å². The summed E-state index contributed by atoms with van der Waals surface area (Å²) in [6.07, 6.45) is 6.94. The molecule has 0 heterocycles. The molecule has 0 aliphatic rings. The van der Waals surface area contributed by atoms with Crippen molar-refractivity contribution in [3.8, 4) is 12.3 Å². The van der Waals surface area contributed by atoms with Gasteiger partial charge in [0.15, 0.2) is 0 Å². The zero-order valence-corrected chi connectivity index (χ0v) is 8.21. The number of nitrogens with one attached hydrogen (secondary N) is 1. The molecular formula is C10H17NO2. The minimum Gasteiger partial charge on any atom is -0.481 e. The standard InChI is InChI=1S/C10H17NO2/c1-4-9(5-2)11-8(3)6-7-10(12)13/h1,8-9,11H,5-7H2,2-3H3,(H,12,13). The Labute approximate surface area is 79.5 Å². The molecule has 2 unspecified atom stereocenters. The van der Waals surface area contributed by atoms with Crippen LogP contribution in [0.1, 0.15) is 33.1 Å². The van der Waals surface area contributed by atoms with Crippen molar-refractivity contribution in [2.24, 2.45) is 0 Å². The zero-order chi connectivity index (χ0) is 10.3. The highest BCUT2D eigenvalue weighted by molar-refractivity contribution is 5.66. The average molecular weight is 183 g/mol. The minimum atomic E-state index is -0.762. The maximum Gasteiger partial charge on any atom is 0.303 e. The SMILES string of the molecule is C#CC(CC)NC(C)CCC(=O)O. The molecule has 0 aliphatic heterocycles. The zero-order valence-electron chi connectivity index (χ0n) is 8.21. The lowest BCUT2D eigenvalue weighted by molar-refractivity contribution is -0.137. The molecule has 0 saturated heterocycles. The molecule has 2 N–H and O–H groups in total. The third-order valence-electron chi connectivity index (χ3n) is 1.89. The van der Waals surface area contributed by atoms with Gasteiger partial charge in [-0.15, -0.1) is 6.42 Å². The van der Waals surface area contributed by atoms with E-state index in [1.807, 2.05) is 13.8 Å². The Morgan fingerprint density at radius 3 is 2.69 bits per heavy atom. The van der Waals surface area contributed by atoms with Gasteiger partial charge in [-0.2, -0.15) is 0 Å². The van der Waals surface area contributed by atoms with Gasteiger partial charge in [0.2, 0.25) is 0 Å². The van der Waals surface area contributed by atoms with E-state index in [9.17, 15) is 4.79 Å². The molecule has 0 aromatic carbocycles. The van der Waals surface area contributed by atoms with Gasteiger partial charge in [0.1, 0.15) is 0 Å². The number of carbonyl (C=O) groups is 1. The first-order valence-electron chi connectivity index (χ1n) is 4.54. The average Bonchev–Trinajstić information content (AvgIpc) is 2.10. The second-order valence-electron chi connectivity index (χ2n) is 3.13. The van der Waals surface area contributed by atoms with Crippen molar-refractivity contribution in [2.75, 3.05) is 0 Å². The predicted molar refractivity (Wildman–Crippen MR) is 52.4 cm³/mol. The molecule has 0 amide bonds. The predicted octanol–water partition coefficient (Wildman–Crippen LogP) is 1.24. The van der Waals surface area contributed by atoms with Crippen LogP contribution in [0.5, 0.6) is 0 Å². The monoisotopic (exact) mass is 183 g/mol. The largest absolute Gasteiger partial charge is 0.481 e. The first-order valence-corrected chi connectivity index (χ1v) is 4.54. The molecule has 13 heavy (non-hydrogen) atoms. The Morgan fingerprint density at radius 1 is 1.69 bits per heavy atom. The van der Waals surface area contributed by atoms with Crippen LogP contribution in [0.2, 0.25) is 0 Å². The number of hydrogen-bond acceptors (Lipinski definition) is 2. The summed E-state index contributed by atoms with van der Waals surface area (Å²) in [5.74, 6) is 1.85. The lowest BCUT2D eigenvalue weighted by atomic mass is 10.1. The molecule has 0 rings (SSSR count). The molecule has 0 radical (unpaired) electrons. The van der Waals surface area contributed by atoms with Crippen LogP contribution in [0.3, 0.4) is 0 Å². The van der Waals surface area contributed by atoms with Crippen LogP contribution in [-0.2, 0) is 4.79 Å². The highest BCUT2D eigenvalue weighted by Gasteiger charge is 2.08. The van der Waals surface area contributed by atoms with Gasteiger partial charge in [-0.1, -0.05) is 12.8 Å². The molecule has 3 nitrogen and oxygen atoms in total. The van der Waals surface area contributed by atoms with Crippen molar-refractivity contribution in [3.05, 3.63) is 0 Å². The summed E-state index contributed by atoms with van der Waals surface area (Å²) in [5, 5.41) is 11.6. The summed E-state index contributed by atoms with van der Waals surface area (Å²) in [4.78, 5) is 10.3. The Morgan fingerprint density at radius 2 is 2.31 bits per heavy atom. The van der Waals surface area contributed by atoms with Crippen molar-refractivity contribution in [1.29, 1.82) is 0 Å². The van der Waals surface area contributed by atoms with Gasteiger partial charge in [0, 0.05) is 12.5 Å². The number of rotatable bonds is 6. The molecular weight excluding hydrogens is 166 g/mol. The van der Waals surface area contributed by atoms with Crippen molar-refractivity contribution in [2.45, 2.75) is 45.2 Å². The van der Waals surface area contributed by atoms with E-state index in [0.717, 1.165) is 6.42 Å². The second-order valence-corrected chi connectivity index (χ2v) is 3.13. The van der Waals surface area contributed by atoms with Gasteiger partial charge in [0.25, 0.3) is 0 Å². The number of aliphatic carboxylic acids is 1. The number of carboxylic acid groups (broad SMARTS) is 1. The molecule has 0 aliphatic carbocycles. The maximum atomic E-state index is 10.3. The van der Waals surface area contributed by atoms with E-state index in [0.29, 0.717) is 6.42 Å². The fourth-order valence-corrected chi connectivity index (χ4v) is 1.05. The van der Waals surface area contributed by atoms with E-state index in [-0.39, 0.29) is 18.5 Å². The Hall–Kier alpha value is -1.01. The Bertz CT molecular complexity index is 196. The van der Waals surface area contributed by atoms with Crippen LogP contribution in [0.15, 0.2) is 0 Å². The second kappa shape index (κ2) is 6.50. The highest BCUT2D eigenvalue weighted by atomic mass is 16.4. The molecule has 0 aromatic rings. The quantitative estimate of drug-likeness (QED) is 0.609. The van der Waals surface area contributed by atoms with Crippen LogP contribution in [0, 0.1) is 12.3 Å². The van der Waals surface area contributed by atoms with Crippen LogP contribution in [0.4, 0.5) is 0 Å². The summed E-state index contributed by atoms with van der Waals surface area (Å²) in [7, 11) is 0. The summed E-state index contributed by atoms with van der Waals surface area (Å²) in [6.45, 7) is 3.95. The first kappa shape index (κ1) is 12.0. The minimum absolute atomic E-state index is 0.0591. The molecule has 0 saturated carbocycles. The van der Waals surface area contributed by atoms with Gasteiger partial charge >= 0.3 is 5.97 Å². The van der Waals surface area contributed by atoms with Gasteiger partial charge in [0.05, 0.1) is 6.04 Å². The van der Waals surface area contributed by atoms with E-state index < -0.39 is 5.97 Å². The van der Waals surface area contributed by atoms with Crippen LogP contribution < -0.4 is 5.32 Å². The molecule has 0 aromatic heterocycles. The smallest absolute Gasteiger partial charge is 0.303 e. The summed E-state index contributed by atoms with van der Waals surface area (Å²) >= 11 is 0. The van der Waals surface area contributed by atoms with Gasteiger partial charge < -0.3 is 10.4 Å². The molecule has 0 fully saturated rings. The van der Waals surface area contributed by atoms with Crippen LogP contribution >= 0.6 is 0 Å². The van der Waals surface area contributed by atoms with Gasteiger partial charge in [-0.25, -0.2) is 0 Å². The maximum absolute atomic E-state index is 10.3. The Kier molecular flexibility index (Phi) is 5.99. The molecule has 3 heteroatoms. The van der Waals surface area contributed by atoms with Gasteiger partial charge in [-0.3, -0.25) is 4.79 Å². The van der Waals surface area contributed by atoms with Crippen molar-refractivity contribution in [1.82, 2.24) is 5.32 Å². The van der Waals surface area contributed by atoms with Crippen molar-refractivity contribution >= 4 is 5.97 Å². The number of hydrogen-bond donors (Lipinski definition) is 2. The van der Waals surface area contributed by atoms with Crippen molar-refractivity contribution < 1.29 is 9.90 Å². The molecule has 0 spiro atoms. The molecule has 74 valence electrons. The van der Waals surface area contributed by atoms with Crippen LogP contribution in [0.25, 0.3) is 0 Å². The summed E-state index contributed by atoms with van der Waals surface area (Å²) in [6, 6.07) is 0.223. The normalized spacial score (nSPS) is 14.5. The van der Waals surface area contributed by atoms with E-state index in [2.05, 4.69) is 11.2 Å². The van der Waals surface area contributed by atoms with E-state index in [4.69, 9.17) is 11.5 Å². The van der Waals surface area contributed by atoms with E-state index in [1.54, 1.807) is 0 Å². The lowest BCUT2D eigenvalue weighted by Crippen LogP contribution is -2.35. The van der Waals surface area contributed by atoms with Gasteiger partial charge in [-0.05, 0) is 19.8 Å². The summed E-state index contributed by atoms with van der Waals surface area (Å²) in [5.41, 5.74) is 0. The highest BCUT2D eigenvalue weighted by Crippen LogP contribution is 1.99. The molecule has 2 atom stereocenters. The van der Waals surface area contributed by atoms with E-state index in [1.165, 1.54) is 0 Å². The number of carboxylic acids is 1. The third kappa shape index (κ3) is 6.18.